The largest absolute Gasteiger partial charge is 0.497 e. The van der Waals surface area contributed by atoms with E-state index in [1.54, 1.807) is 25.3 Å². The Morgan fingerprint density at radius 2 is 2.00 bits per heavy atom. The number of ether oxygens (including phenoxy) is 1. The molecule has 0 radical (unpaired) electrons. The van der Waals surface area contributed by atoms with Crippen molar-refractivity contribution in [3.63, 3.8) is 0 Å². The Bertz CT molecular complexity index is 1290. The molecule has 0 atom stereocenters. The van der Waals surface area contributed by atoms with E-state index in [0.29, 0.717) is 34.2 Å². The van der Waals surface area contributed by atoms with E-state index in [1.165, 1.54) is 27.7 Å². The SMILES string of the molecule is COc1ccc(CNc2nnc(SCc3nc4ccccc4c(=O)n3CC#N)s2)cc1. The van der Waals surface area contributed by atoms with E-state index in [1.807, 2.05) is 36.4 Å². The van der Waals surface area contributed by atoms with Crippen molar-refractivity contribution in [2.45, 2.75) is 23.2 Å². The summed E-state index contributed by atoms with van der Waals surface area (Å²) in [5.41, 5.74) is 1.52. The number of rotatable bonds is 8. The Labute approximate surface area is 186 Å². The molecule has 0 amide bonds. The Morgan fingerprint density at radius 1 is 1.19 bits per heavy atom. The van der Waals surface area contributed by atoms with Crippen LogP contribution in [-0.2, 0) is 18.8 Å². The Morgan fingerprint density at radius 3 is 2.77 bits per heavy atom. The van der Waals surface area contributed by atoms with Crippen molar-refractivity contribution in [2.24, 2.45) is 0 Å². The third-order valence-electron chi connectivity index (χ3n) is 4.50. The molecule has 4 aromatic rings. The first kappa shape index (κ1) is 20.8. The van der Waals surface area contributed by atoms with Crippen LogP contribution in [0.2, 0.25) is 0 Å². The topological polar surface area (TPSA) is 106 Å². The van der Waals surface area contributed by atoms with Crippen LogP contribution >= 0.6 is 23.1 Å². The van der Waals surface area contributed by atoms with Crippen LogP contribution in [0.4, 0.5) is 5.13 Å². The fraction of sp³-hybridized carbons (Fsp3) is 0.190. The third kappa shape index (κ3) is 4.84. The zero-order valence-electron chi connectivity index (χ0n) is 16.6. The fourth-order valence-electron chi connectivity index (χ4n) is 2.94. The van der Waals surface area contributed by atoms with Gasteiger partial charge in [0.15, 0.2) is 4.34 Å². The molecular formula is C21H18N6O2S2. The molecule has 0 saturated carbocycles. The zero-order valence-corrected chi connectivity index (χ0v) is 18.2. The molecule has 0 bridgehead atoms. The van der Waals surface area contributed by atoms with E-state index in [2.05, 4.69) is 20.5 Å². The van der Waals surface area contributed by atoms with Crippen molar-refractivity contribution in [1.82, 2.24) is 19.7 Å². The van der Waals surface area contributed by atoms with Crippen molar-refractivity contribution in [2.75, 3.05) is 12.4 Å². The minimum absolute atomic E-state index is 0.0443. The van der Waals surface area contributed by atoms with E-state index >= 15 is 0 Å². The lowest BCUT2D eigenvalue weighted by Gasteiger charge is -2.09. The van der Waals surface area contributed by atoms with Crippen molar-refractivity contribution in [3.8, 4) is 11.8 Å². The van der Waals surface area contributed by atoms with Gasteiger partial charge in [0.1, 0.15) is 18.1 Å². The van der Waals surface area contributed by atoms with Gasteiger partial charge in [-0.1, -0.05) is 47.4 Å². The van der Waals surface area contributed by atoms with Crippen LogP contribution in [0.25, 0.3) is 10.9 Å². The number of nitrogens with zero attached hydrogens (tertiary/aromatic N) is 5. The zero-order chi connectivity index (χ0) is 21.6. The Hall–Kier alpha value is -3.42. The summed E-state index contributed by atoms with van der Waals surface area (Å²) in [5, 5.41) is 22.0. The van der Waals surface area contributed by atoms with Crippen LogP contribution in [0.3, 0.4) is 0 Å². The molecule has 31 heavy (non-hydrogen) atoms. The van der Waals surface area contributed by atoms with Gasteiger partial charge in [-0.3, -0.25) is 9.36 Å². The van der Waals surface area contributed by atoms with E-state index in [4.69, 9.17) is 10.00 Å². The van der Waals surface area contributed by atoms with Gasteiger partial charge >= 0.3 is 0 Å². The first-order chi connectivity index (χ1) is 15.2. The number of para-hydroxylation sites is 1. The second kappa shape index (κ2) is 9.59. The summed E-state index contributed by atoms with van der Waals surface area (Å²) in [6.45, 7) is 0.578. The van der Waals surface area contributed by atoms with Crippen molar-refractivity contribution < 1.29 is 4.74 Å². The van der Waals surface area contributed by atoms with E-state index < -0.39 is 0 Å². The van der Waals surface area contributed by atoms with E-state index in [9.17, 15) is 4.79 Å². The summed E-state index contributed by atoms with van der Waals surface area (Å²) in [4.78, 5) is 17.3. The van der Waals surface area contributed by atoms with Gasteiger partial charge in [-0.15, -0.1) is 10.2 Å². The first-order valence-corrected chi connectivity index (χ1v) is 11.2. The Balaban J connectivity index is 1.44. The van der Waals surface area contributed by atoms with Crippen LogP contribution in [0.5, 0.6) is 5.75 Å². The molecule has 0 unspecified atom stereocenters. The number of methoxy groups -OCH3 is 1. The van der Waals surface area contributed by atoms with Gasteiger partial charge in [0, 0.05) is 6.54 Å². The molecule has 2 heterocycles. The maximum absolute atomic E-state index is 12.7. The van der Waals surface area contributed by atoms with Gasteiger partial charge in [-0.25, -0.2) is 4.98 Å². The van der Waals surface area contributed by atoms with Crippen LogP contribution in [0.1, 0.15) is 11.4 Å². The summed E-state index contributed by atoms with van der Waals surface area (Å²) >= 11 is 2.87. The molecule has 8 nitrogen and oxygen atoms in total. The van der Waals surface area contributed by atoms with Crippen LogP contribution in [0, 0.1) is 11.3 Å². The van der Waals surface area contributed by atoms with Gasteiger partial charge in [0.25, 0.3) is 5.56 Å². The highest BCUT2D eigenvalue weighted by Crippen LogP contribution is 2.28. The second-order valence-electron chi connectivity index (χ2n) is 6.46. The fourth-order valence-corrected chi connectivity index (χ4v) is 4.64. The molecule has 4 rings (SSSR count). The first-order valence-electron chi connectivity index (χ1n) is 9.36. The average molecular weight is 451 g/mol. The maximum Gasteiger partial charge on any atom is 0.262 e. The molecule has 2 aromatic heterocycles. The van der Waals surface area contributed by atoms with Crippen LogP contribution in [0.15, 0.2) is 57.7 Å². The second-order valence-corrected chi connectivity index (χ2v) is 8.66. The van der Waals surface area contributed by atoms with Gasteiger partial charge < -0.3 is 10.1 Å². The molecule has 0 fully saturated rings. The number of aromatic nitrogens is 4. The number of fused-ring (bicyclic) bond motifs is 1. The number of anilines is 1. The quantitative estimate of drug-likeness (QED) is 0.405. The predicted octanol–water partition coefficient (Wildman–Crippen LogP) is 3.68. The van der Waals surface area contributed by atoms with Gasteiger partial charge in [0.2, 0.25) is 5.13 Å². The van der Waals surface area contributed by atoms with E-state index in [-0.39, 0.29) is 12.1 Å². The van der Waals surface area contributed by atoms with Crippen molar-refractivity contribution in [1.29, 1.82) is 5.26 Å². The summed E-state index contributed by atoms with van der Waals surface area (Å²) in [7, 11) is 1.64. The lowest BCUT2D eigenvalue weighted by atomic mass is 10.2. The smallest absolute Gasteiger partial charge is 0.262 e. The summed E-state index contributed by atoms with van der Waals surface area (Å²) in [6, 6.07) is 17.0. The number of hydrogen-bond acceptors (Lipinski definition) is 9. The molecule has 0 aliphatic carbocycles. The highest BCUT2D eigenvalue weighted by atomic mass is 32.2. The molecule has 0 aliphatic heterocycles. The number of nitrogens with one attached hydrogen (secondary N) is 1. The average Bonchev–Trinajstić information content (AvgIpc) is 3.27. The molecule has 0 aliphatic rings. The molecule has 156 valence electrons. The normalized spacial score (nSPS) is 10.7. The highest BCUT2D eigenvalue weighted by molar-refractivity contribution is 8.00. The van der Waals surface area contributed by atoms with Gasteiger partial charge in [-0.05, 0) is 29.8 Å². The summed E-state index contributed by atoms with van der Waals surface area (Å²) in [6.07, 6.45) is 0. The molecule has 0 saturated heterocycles. The number of benzene rings is 2. The minimum Gasteiger partial charge on any atom is -0.497 e. The molecule has 0 spiro atoms. The molecule has 10 heteroatoms. The number of nitriles is 1. The lowest BCUT2D eigenvalue weighted by Crippen LogP contribution is -2.24. The van der Waals surface area contributed by atoms with Crippen LogP contribution < -0.4 is 15.6 Å². The number of thioether (sulfide) groups is 1. The standard InChI is InChI=1S/C21H18N6O2S2/c1-29-15-8-6-14(7-9-15)12-23-20-25-26-21(31-20)30-13-18-24-17-5-3-2-4-16(17)19(28)27(18)11-10-22/h2-9H,11-13H2,1H3,(H,23,25). The monoisotopic (exact) mass is 450 g/mol. The van der Waals surface area contributed by atoms with Gasteiger partial charge in [-0.2, -0.15) is 5.26 Å². The Kier molecular flexibility index (Phi) is 6.45. The molecule has 1 N–H and O–H groups in total. The van der Waals surface area contributed by atoms with E-state index in [0.717, 1.165) is 15.7 Å². The maximum atomic E-state index is 12.7. The highest BCUT2D eigenvalue weighted by Gasteiger charge is 2.13. The lowest BCUT2D eigenvalue weighted by molar-refractivity contribution is 0.414. The predicted molar refractivity (Wildman–Crippen MR) is 121 cm³/mol. The third-order valence-corrected chi connectivity index (χ3v) is 6.51. The van der Waals surface area contributed by atoms with Gasteiger partial charge in [0.05, 0.1) is 29.8 Å². The minimum atomic E-state index is -0.207. The molecular weight excluding hydrogens is 432 g/mol. The number of hydrogen-bond donors (Lipinski definition) is 1. The molecule has 2 aromatic carbocycles. The summed E-state index contributed by atoms with van der Waals surface area (Å²) in [5.74, 6) is 1.77. The van der Waals surface area contributed by atoms with Crippen molar-refractivity contribution in [3.05, 3.63) is 70.3 Å². The van der Waals surface area contributed by atoms with Crippen LogP contribution in [-0.4, -0.2) is 26.9 Å². The summed E-state index contributed by atoms with van der Waals surface area (Å²) < 4.78 is 7.33. The van der Waals surface area contributed by atoms with Crippen molar-refractivity contribution >= 4 is 39.1 Å².